The Hall–Kier alpha value is -2.17. The molecule has 0 amide bonds. The molecule has 1 radical (unpaired) electrons. The van der Waals surface area contributed by atoms with Crippen molar-refractivity contribution in [3.8, 4) is 11.5 Å². The van der Waals surface area contributed by atoms with Crippen LogP contribution in [-0.2, 0) is 6.18 Å². The van der Waals surface area contributed by atoms with Crippen molar-refractivity contribution in [2.45, 2.75) is 6.18 Å². The van der Waals surface area contributed by atoms with E-state index in [1.165, 1.54) is 18.6 Å². The molecule has 0 atom stereocenters. The molecule has 1 aliphatic rings. The van der Waals surface area contributed by atoms with Crippen LogP contribution < -0.4 is 9.47 Å². The summed E-state index contributed by atoms with van der Waals surface area (Å²) in [6, 6.07) is 10.6. The average Bonchev–Trinajstić information content (AvgIpc) is 2.46. The monoisotopic (exact) mass is 293 g/mol. The van der Waals surface area contributed by atoms with E-state index >= 15 is 0 Å². The number of hydrogen-bond acceptors (Lipinski definition) is 2. The van der Waals surface area contributed by atoms with E-state index in [1.807, 2.05) is 0 Å². The van der Waals surface area contributed by atoms with Crippen molar-refractivity contribution in [2.24, 2.45) is 0 Å². The molecule has 0 unspecified atom stereocenters. The molecular formula is C16H12F3O2. The summed E-state index contributed by atoms with van der Waals surface area (Å²) in [7, 11) is 0. The Bertz CT molecular complexity index is 650. The Balaban J connectivity index is 1.91. The predicted octanol–water partition coefficient (Wildman–Crippen LogP) is 4.08. The van der Waals surface area contributed by atoms with Gasteiger partial charge in [-0.05, 0) is 29.3 Å². The molecule has 3 rings (SSSR count). The van der Waals surface area contributed by atoms with Gasteiger partial charge in [-0.2, -0.15) is 13.2 Å². The Labute approximate surface area is 120 Å². The number of fused-ring (bicyclic) bond motifs is 1. The van der Waals surface area contributed by atoms with Crippen LogP contribution in [0.2, 0.25) is 0 Å². The average molecular weight is 293 g/mol. The largest absolute Gasteiger partial charge is 0.486 e. The van der Waals surface area contributed by atoms with Gasteiger partial charge < -0.3 is 9.47 Å². The SMILES string of the molecule is FC(F)(F)c1ccccc1[CH]c1ccc2c(c1)OCCO2. The van der Waals surface area contributed by atoms with Crippen LogP contribution in [0.25, 0.3) is 0 Å². The van der Waals surface area contributed by atoms with Crippen LogP contribution in [0.15, 0.2) is 42.5 Å². The summed E-state index contributed by atoms with van der Waals surface area (Å²) in [6.07, 6.45) is -2.89. The minimum absolute atomic E-state index is 0.127. The lowest BCUT2D eigenvalue weighted by molar-refractivity contribution is -0.137. The topological polar surface area (TPSA) is 18.5 Å². The molecule has 0 saturated carbocycles. The molecule has 2 nitrogen and oxygen atoms in total. The van der Waals surface area contributed by atoms with Crippen molar-refractivity contribution in [3.05, 3.63) is 65.6 Å². The fourth-order valence-corrected chi connectivity index (χ4v) is 2.21. The molecular weight excluding hydrogens is 281 g/mol. The standard InChI is InChI=1S/C16H12F3O2/c17-16(18,19)13-4-2-1-3-12(13)9-11-5-6-14-15(10-11)21-8-7-20-14/h1-6,9-10H,7-8H2. The zero-order chi connectivity index (χ0) is 14.9. The van der Waals surface area contributed by atoms with Gasteiger partial charge in [0, 0.05) is 6.42 Å². The van der Waals surface area contributed by atoms with Crippen molar-refractivity contribution >= 4 is 0 Å². The van der Waals surface area contributed by atoms with Crippen LogP contribution in [0.1, 0.15) is 16.7 Å². The summed E-state index contributed by atoms with van der Waals surface area (Å²) in [5.74, 6) is 1.17. The van der Waals surface area contributed by atoms with Gasteiger partial charge in [0.25, 0.3) is 0 Å². The summed E-state index contributed by atoms with van der Waals surface area (Å²) in [5, 5.41) is 0. The normalized spacial score (nSPS) is 14.0. The van der Waals surface area contributed by atoms with Crippen molar-refractivity contribution in [2.75, 3.05) is 13.2 Å². The molecule has 0 aromatic heterocycles. The van der Waals surface area contributed by atoms with E-state index < -0.39 is 11.7 Å². The van der Waals surface area contributed by atoms with Crippen LogP contribution in [-0.4, -0.2) is 13.2 Å². The maximum Gasteiger partial charge on any atom is 0.416 e. The van der Waals surface area contributed by atoms with E-state index in [0.29, 0.717) is 30.3 Å². The maximum absolute atomic E-state index is 13.0. The van der Waals surface area contributed by atoms with E-state index in [2.05, 4.69) is 0 Å². The van der Waals surface area contributed by atoms with Gasteiger partial charge in [-0.1, -0.05) is 24.3 Å². The Morgan fingerprint density at radius 1 is 0.905 bits per heavy atom. The fraction of sp³-hybridized carbons (Fsp3) is 0.188. The maximum atomic E-state index is 13.0. The summed E-state index contributed by atoms with van der Waals surface area (Å²) < 4.78 is 49.7. The van der Waals surface area contributed by atoms with Gasteiger partial charge >= 0.3 is 6.18 Å². The Morgan fingerprint density at radius 3 is 2.38 bits per heavy atom. The molecule has 2 aromatic carbocycles. The van der Waals surface area contributed by atoms with Crippen molar-refractivity contribution < 1.29 is 22.6 Å². The Morgan fingerprint density at radius 2 is 1.62 bits per heavy atom. The summed E-state index contributed by atoms with van der Waals surface area (Å²) in [5.41, 5.74) is 0.109. The lowest BCUT2D eigenvalue weighted by Crippen LogP contribution is -2.15. The summed E-state index contributed by atoms with van der Waals surface area (Å²) in [6.45, 7) is 0.919. The molecule has 109 valence electrons. The molecule has 0 fully saturated rings. The van der Waals surface area contributed by atoms with Crippen molar-refractivity contribution in [3.63, 3.8) is 0 Å². The van der Waals surface area contributed by atoms with E-state index in [-0.39, 0.29) is 5.56 Å². The van der Waals surface area contributed by atoms with Crippen LogP contribution in [0.4, 0.5) is 13.2 Å². The zero-order valence-electron chi connectivity index (χ0n) is 11.0. The van der Waals surface area contributed by atoms with E-state index in [0.717, 1.165) is 6.07 Å². The molecule has 1 heterocycles. The first-order valence-electron chi connectivity index (χ1n) is 6.45. The third-order valence-corrected chi connectivity index (χ3v) is 3.15. The van der Waals surface area contributed by atoms with Crippen LogP contribution in [0.3, 0.4) is 0 Å². The smallest absolute Gasteiger partial charge is 0.416 e. The molecule has 5 heteroatoms. The quantitative estimate of drug-likeness (QED) is 0.830. The van der Waals surface area contributed by atoms with Gasteiger partial charge in [-0.15, -0.1) is 0 Å². The predicted molar refractivity (Wildman–Crippen MR) is 71.4 cm³/mol. The minimum Gasteiger partial charge on any atom is -0.486 e. The van der Waals surface area contributed by atoms with Crippen LogP contribution in [0.5, 0.6) is 11.5 Å². The molecule has 1 aliphatic heterocycles. The summed E-state index contributed by atoms with van der Waals surface area (Å²) in [4.78, 5) is 0. The highest BCUT2D eigenvalue weighted by atomic mass is 19.4. The van der Waals surface area contributed by atoms with E-state index in [9.17, 15) is 13.2 Å². The van der Waals surface area contributed by atoms with Crippen molar-refractivity contribution in [1.29, 1.82) is 0 Å². The molecule has 0 bridgehead atoms. The second kappa shape index (κ2) is 5.31. The molecule has 21 heavy (non-hydrogen) atoms. The third kappa shape index (κ3) is 2.96. The van der Waals surface area contributed by atoms with Crippen molar-refractivity contribution in [1.82, 2.24) is 0 Å². The fourth-order valence-electron chi connectivity index (χ4n) is 2.21. The molecule has 0 spiro atoms. The first-order chi connectivity index (χ1) is 10.0. The first-order valence-corrected chi connectivity index (χ1v) is 6.45. The van der Waals surface area contributed by atoms with Crippen LogP contribution in [0, 0.1) is 6.42 Å². The van der Waals surface area contributed by atoms with Crippen LogP contribution >= 0.6 is 0 Å². The molecule has 0 N–H and O–H groups in total. The van der Waals surface area contributed by atoms with Gasteiger partial charge in [0.2, 0.25) is 0 Å². The van der Waals surface area contributed by atoms with Gasteiger partial charge in [-0.25, -0.2) is 0 Å². The highest BCUT2D eigenvalue weighted by Gasteiger charge is 2.32. The number of hydrogen-bond donors (Lipinski definition) is 0. The lowest BCUT2D eigenvalue weighted by Gasteiger charge is -2.19. The van der Waals surface area contributed by atoms with Gasteiger partial charge in [-0.3, -0.25) is 0 Å². The lowest BCUT2D eigenvalue weighted by atomic mass is 9.99. The second-order valence-corrected chi connectivity index (χ2v) is 4.63. The Kier molecular flexibility index (Phi) is 3.49. The highest BCUT2D eigenvalue weighted by Crippen LogP contribution is 2.35. The number of benzene rings is 2. The second-order valence-electron chi connectivity index (χ2n) is 4.63. The number of rotatable bonds is 2. The van der Waals surface area contributed by atoms with E-state index in [4.69, 9.17) is 9.47 Å². The highest BCUT2D eigenvalue weighted by molar-refractivity contribution is 5.50. The van der Waals surface area contributed by atoms with E-state index in [1.54, 1.807) is 24.3 Å². The first kappa shape index (κ1) is 13.8. The number of alkyl halides is 3. The minimum atomic E-state index is -4.37. The van der Waals surface area contributed by atoms with Gasteiger partial charge in [0.1, 0.15) is 13.2 Å². The zero-order valence-corrected chi connectivity index (χ0v) is 11.0. The summed E-state index contributed by atoms with van der Waals surface area (Å²) >= 11 is 0. The molecule has 0 saturated heterocycles. The molecule has 2 aromatic rings. The number of halogens is 3. The number of ether oxygens (including phenoxy) is 2. The van der Waals surface area contributed by atoms with Gasteiger partial charge in [0.15, 0.2) is 11.5 Å². The third-order valence-electron chi connectivity index (χ3n) is 3.15. The van der Waals surface area contributed by atoms with Gasteiger partial charge in [0.05, 0.1) is 5.56 Å². The molecule has 0 aliphatic carbocycles.